The van der Waals surface area contributed by atoms with Crippen molar-refractivity contribution < 1.29 is 40.4 Å². The minimum absolute atomic E-state index is 0.173. The number of benzene rings is 2. The molecule has 2 aliphatic heterocycles. The number of hydrogen-bond acceptors (Lipinski definition) is 3. The number of amides is 2. The Morgan fingerprint density at radius 2 is 1.72 bits per heavy atom. The molecular weight excluding hydrogens is 519 g/mol. The second-order valence-electron chi connectivity index (χ2n) is 8.46. The lowest BCUT2D eigenvalue weighted by Gasteiger charge is -2.44. The van der Waals surface area contributed by atoms with Gasteiger partial charge < -0.3 is 10.2 Å². The molecule has 5 nitrogen and oxygen atoms in total. The van der Waals surface area contributed by atoms with Gasteiger partial charge in [-0.1, -0.05) is 35.9 Å². The van der Waals surface area contributed by atoms with Crippen molar-refractivity contribution in [2.75, 3.05) is 19.6 Å². The summed E-state index contributed by atoms with van der Waals surface area (Å²) in [4.78, 5) is 17.9. The molecule has 2 amide bonds. The highest BCUT2D eigenvalue weighted by Crippen LogP contribution is 2.49. The quantitative estimate of drug-likeness (QED) is 0.477. The van der Waals surface area contributed by atoms with Gasteiger partial charge in [-0.2, -0.15) is 26.3 Å². The lowest BCUT2D eigenvalue weighted by atomic mass is 9.87. The zero-order valence-corrected chi connectivity index (χ0v) is 19.3. The summed E-state index contributed by atoms with van der Waals surface area (Å²) in [7, 11) is 0. The number of likely N-dealkylation sites (tertiary alicyclic amines) is 1. The summed E-state index contributed by atoms with van der Waals surface area (Å²) in [6.45, 7) is 1.74. The second-order valence-corrected chi connectivity index (χ2v) is 8.89. The van der Waals surface area contributed by atoms with E-state index in [4.69, 9.17) is 16.4 Å². The first-order valence-corrected chi connectivity index (χ1v) is 11.0. The first-order valence-electron chi connectivity index (χ1n) is 10.6. The van der Waals surface area contributed by atoms with Gasteiger partial charge in [0.15, 0.2) is 5.67 Å². The van der Waals surface area contributed by atoms with Crippen molar-refractivity contribution in [3.05, 3.63) is 75.8 Å². The maximum absolute atomic E-state index is 15.1. The van der Waals surface area contributed by atoms with Crippen molar-refractivity contribution in [1.29, 1.82) is 0 Å². The van der Waals surface area contributed by atoms with Gasteiger partial charge in [0.25, 0.3) is 0 Å². The van der Waals surface area contributed by atoms with Gasteiger partial charge in [0.1, 0.15) is 0 Å². The van der Waals surface area contributed by atoms with Crippen LogP contribution >= 0.6 is 11.6 Å². The highest BCUT2D eigenvalue weighted by Gasteiger charge is 2.60. The van der Waals surface area contributed by atoms with E-state index in [0.29, 0.717) is 24.8 Å². The molecule has 2 aromatic rings. The number of rotatable bonds is 4. The van der Waals surface area contributed by atoms with Crippen LogP contribution in [0.15, 0.2) is 48.5 Å². The van der Waals surface area contributed by atoms with E-state index in [1.807, 2.05) is 0 Å². The zero-order chi connectivity index (χ0) is 26.5. The number of carbonyl (C=O) groups is 1. The van der Waals surface area contributed by atoms with Crippen LogP contribution in [0.1, 0.15) is 29.2 Å². The van der Waals surface area contributed by atoms with Crippen LogP contribution in [-0.4, -0.2) is 36.7 Å². The van der Waals surface area contributed by atoms with Gasteiger partial charge in [0.2, 0.25) is 5.60 Å². The molecule has 1 fully saturated rings. The predicted molar refractivity (Wildman–Crippen MR) is 116 cm³/mol. The lowest BCUT2D eigenvalue weighted by Crippen LogP contribution is -2.61. The molecule has 2 aliphatic rings. The Bertz CT molecular complexity index is 1190. The molecule has 0 bridgehead atoms. The Balaban J connectivity index is 1.63. The molecule has 0 aromatic heterocycles. The van der Waals surface area contributed by atoms with Crippen LogP contribution in [0.4, 0.5) is 35.5 Å². The molecule has 2 heterocycles. The van der Waals surface area contributed by atoms with E-state index in [9.17, 15) is 31.1 Å². The largest absolute Gasteiger partial charge is 0.428 e. The molecule has 0 spiro atoms. The SMILES string of the molecule is CCNC(=O)N1CC(F)(c2ccc(C3=CC(c4cc(Cl)cc(C(F)(F)F)c4)(C(F)(F)F)ON3)cc2)C1. The summed E-state index contributed by atoms with van der Waals surface area (Å²) >= 11 is 5.70. The molecule has 36 heavy (non-hydrogen) atoms. The summed E-state index contributed by atoms with van der Waals surface area (Å²) in [5.41, 5.74) is -4.96. The standard InChI is InChI=1S/C23H19ClF7N3O2/c1-2-32-19(35)34-11-20(25,12-34)14-5-3-13(4-6-14)18-10-21(36-33-18,23(29,30)31)15-7-16(22(26,27)28)9-17(24)8-15/h3-10,33H,2,11-12H2,1H3,(H,32,35). The summed E-state index contributed by atoms with van der Waals surface area (Å²) in [6, 6.07) is 6.60. The van der Waals surface area contributed by atoms with Gasteiger partial charge in [-0.25, -0.2) is 9.18 Å². The minimum atomic E-state index is -5.16. The Morgan fingerprint density at radius 3 is 2.28 bits per heavy atom. The number of halogens is 8. The van der Waals surface area contributed by atoms with Crippen LogP contribution in [0.2, 0.25) is 5.02 Å². The van der Waals surface area contributed by atoms with Gasteiger partial charge in [0, 0.05) is 17.1 Å². The van der Waals surface area contributed by atoms with Crippen molar-refractivity contribution in [1.82, 2.24) is 15.7 Å². The molecule has 13 heteroatoms. The molecule has 1 atom stereocenters. The first-order chi connectivity index (χ1) is 16.7. The van der Waals surface area contributed by atoms with Gasteiger partial charge in [-0.05, 0) is 42.3 Å². The summed E-state index contributed by atoms with van der Waals surface area (Å²) in [5.74, 6) is 0. The molecule has 2 N–H and O–H groups in total. The van der Waals surface area contributed by atoms with E-state index in [0.717, 1.165) is 6.07 Å². The van der Waals surface area contributed by atoms with Gasteiger partial charge in [0.05, 0.1) is 24.4 Å². The third-order valence-corrected chi connectivity index (χ3v) is 6.17. The molecule has 0 aliphatic carbocycles. The monoisotopic (exact) mass is 537 g/mol. The maximum Gasteiger partial charge on any atom is 0.428 e. The zero-order valence-electron chi connectivity index (χ0n) is 18.5. The van der Waals surface area contributed by atoms with E-state index >= 15 is 4.39 Å². The van der Waals surface area contributed by atoms with Crippen molar-refractivity contribution in [3.8, 4) is 0 Å². The predicted octanol–water partition coefficient (Wildman–Crippen LogP) is 5.90. The number of nitrogens with one attached hydrogen (secondary N) is 2. The number of nitrogens with zero attached hydrogens (tertiary/aromatic N) is 1. The maximum atomic E-state index is 15.1. The van der Waals surface area contributed by atoms with Gasteiger partial charge in [-0.15, -0.1) is 0 Å². The Labute approximate surface area is 205 Å². The molecular formula is C23H19ClF7N3O2. The van der Waals surface area contributed by atoms with E-state index in [1.54, 1.807) is 6.92 Å². The van der Waals surface area contributed by atoms with E-state index < -0.39 is 45.8 Å². The fourth-order valence-electron chi connectivity index (χ4n) is 4.05. The van der Waals surface area contributed by atoms with Crippen molar-refractivity contribution in [2.24, 2.45) is 0 Å². The van der Waals surface area contributed by atoms with Gasteiger partial charge in [-0.3, -0.25) is 10.3 Å². The molecule has 4 rings (SSSR count). The average molecular weight is 538 g/mol. The molecule has 194 valence electrons. The molecule has 2 aromatic carbocycles. The number of urea groups is 1. The van der Waals surface area contributed by atoms with Crippen LogP contribution in [0.25, 0.3) is 5.70 Å². The second kappa shape index (κ2) is 8.84. The van der Waals surface area contributed by atoms with Crippen LogP contribution in [0, 0.1) is 0 Å². The van der Waals surface area contributed by atoms with Crippen LogP contribution in [0.5, 0.6) is 0 Å². The fraction of sp³-hybridized carbons (Fsp3) is 0.348. The third kappa shape index (κ3) is 4.59. The number of hydroxylamine groups is 1. The smallest absolute Gasteiger partial charge is 0.338 e. The van der Waals surface area contributed by atoms with E-state index in [2.05, 4.69) is 10.8 Å². The number of alkyl halides is 7. The molecule has 1 saturated heterocycles. The van der Waals surface area contributed by atoms with Crippen molar-refractivity contribution in [2.45, 2.75) is 30.5 Å². The summed E-state index contributed by atoms with van der Waals surface area (Å²) in [6.07, 6.45) is -9.48. The van der Waals surface area contributed by atoms with Crippen LogP contribution in [0.3, 0.4) is 0 Å². The highest BCUT2D eigenvalue weighted by molar-refractivity contribution is 6.30. The number of hydrogen-bond donors (Lipinski definition) is 2. The number of carbonyl (C=O) groups excluding carboxylic acids is 1. The van der Waals surface area contributed by atoms with Crippen LogP contribution < -0.4 is 10.8 Å². The molecule has 1 unspecified atom stereocenters. The van der Waals surface area contributed by atoms with E-state index in [1.165, 1.54) is 29.2 Å². The Morgan fingerprint density at radius 1 is 1.08 bits per heavy atom. The van der Waals surface area contributed by atoms with Crippen molar-refractivity contribution in [3.63, 3.8) is 0 Å². The molecule has 0 saturated carbocycles. The lowest BCUT2D eigenvalue weighted by molar-refractivity contribution is -0.269. The van der Waals surface area contributed by atoms with Gasteiger partial charge >= 0.3 is 18.4 Å². The average Bonchev–Trinajstić information content (AvgIpc) is 3.23. The summed E-state index contributed by atoms with van der Waals surface area (Å²) < 4.78 is 97.2. The first kappa shape index (κ1) is 26.1. The van der Waals surface area contributed by atoms with E-state index in [-0.39, 0.29) is 29.9 Å². The summed E-state index contributed by atoms with van der Waals surface area (Å²) in [5, 5.41) is 2.01. The minimum Gasteiger partial charge on any atom is -0.338 e. The normalized spacial score (nSPS) is 21.5. The Hall–Kier alpha value is -2.99. The Kier molecular flexibility index (Phi) is 6.40. The third-order valence-electron chi connectivity index (χ3n) is 5.96. The van der Waals surface area contributed by atoms with Crippen molar-refractivity contribution >= 4 is 23.3 Å². The topological polar surface area (TPSA) is 53.6 Å². The highest BCUT2D eigenvalue weighted by atomic mass is 35.5. The fourth-order valence-corrected chi connectivity index (χ4v) is 4.28. The molecule has 0 radical (unpaired) electrons. The van der Waals surface area contributed by atoms with Crippen LogP contribution in [-0.2, 0) is 22.3 Å².